The number of allylic oxidation sites excluding steroid dienone is 1. The highest BCUT2D eigenvalue weighted by Gasteiger charge is 1.89. The highest BCUT2D eigenvalue weighted by atomic mass is 14.7. The molecule has 0 saturated carbocycles. The average molecular weight is 134 g/mol. The number of hydrogen-bond donors (Lipinski definition) is 1. The van der Waals surface area contributed by atoms with Gasteiger partial charge in [0, 0.05) is 24.0 Å². The smallest absolute Gasteiger partial charge is 0.0461 e. The van der Waals surface area contributed by atoms with Crippen LogP contribution in [0.4, 0.5) is 5.69 Å². The number of aromatic nitrogens is 1. The van der Waals surface area contributed by atoms with E-state index in [2.05, 4.69) is 11.6 Å². The van der Waals surface area contributed by atoms with Gasteiger partial charge in [0.25, 0.3) is 0 Å². The van der Waals surface area contributed by atoms with Crippen LogP contribution in [-0.4, -0.2) is 4.98 Å². The Morgan fingerprint density at radius 1 is 1.70 bits per heavy atom. The fourth-order valence-electron chi connectivity index (χ4n) is 0.756. The molecule has 1 rings (SSSR count). The third-order valence-electron chi connectivity index (χ3n) is 1.19. The second-order valence-corrected chi connectivity index (χ2v) is 2.07. The predicted octanol–water partition coefficient (Wildman–Crippen LogP) is 1.39. The van der Waals surface area contributed by atoms with Crippen LogP contribution in [0.25, 0.3) is 0 Å². The van der Waals surface area contributed by atoms with Crippen molar-refractivity contribution in [3.8, 4) is 0 Å². The zero-order valence-electron chi connectivity index (χ0n) is 5.75. The first-order chi connectivity index (χ1) is 4.83. The topological polar surface area (TPSA) is 38.9 Å². The van der Waals surface area contributed by atoms with Crippen molar-refractivity contribution in [2.24, 2.45) is 0 Å². The van der Waals surface area contributed by atoms with E-state index >= 15 is 0 Å². The summed E-state index contributed by atoms with van der Waals surface area (Å²) >= 11 is 0. The third-order valence-corrected chi connectivity index (χ3v) is 1.19. The minimum atomic E-state index is 0.756. The van der Waals surface area contributed by atoms with Crippen molar-refractivity contribution < 1.29 is 0 Å². The molecule has 2 nitrogen and oxygen atoms in total. The van der Waals surface area contributed by atoms with Crippen molar-refractivity contribution >= 4 is 5.69 Å². The lowest BCUT2D eigenvalue weighted by Crippen LogP contribution is -1.90. The van der Waals surface area contributed by atoms with Gasteiger partial charge in [0.05, 0.1) is 0 Å². The summed E-state index contributed by atoms with van der Waals surface area (Å²) < 4.78 is 0. The molecule has 0 aliphatic heterocycles. The maximum absolute atomic E-state index is 5.51. The SMILES string of the molecule is C=CCc1cc(N)ccn1. The monoisotopic (exact) mass is 134 g/mol. The fraction of sp³-hybridized carbons (Fsp3) is 0.125. The second-order valence-electron chi connectivity index (χ2n) is 2.07. The van der Waals surface area contributed by atoms with Gasteiger partial charge in [0.1, 0.15) is 0 Å². The fourth-order valence-corrected chi connectivity index (χ4v) is 0.756. The van der Waals surface area contributed by atoms with E-state index in [9.17, 15) is 0 Å². The van der Waals surface area contributed by atoms with Gasteiger partial charge in [-0.05, 0) is 12.1 Å². The van der Waals surface area contributed by atoms with E-state index in [1.54, 1.807) is 12.3 Å². The predicted molar refractivity (Wildman–Crippen MR) is 42.6 cm³/mol. The molecule has 0 spiro atoms. The molecule has 0 aliphatic rings. The van der Waals surface area contributed by atoms with Crippen molar-refractivity contribution in [3.05, 3.63) is 36.7 Å². The average Bonchev–Trinajstić information content (AvgIpc) is 1.88. The highest BCUT2D eigenvalue weighted by molar-refractivity contribution is 5.37. The summed E-state index contributed by atoms with van der Waals surface area (Å²) in [7, 11) is 0. The summed E-state index contributed by atoms with van der Waals surface area (Å²) in [5, 5.41) is 0. The molecular weight excluding hydrogens is 124 g/mol. The van der Waals surface area contributed by atoms with Gasteiger partial charge in [0.2, 0.25) is 0 Å². The zero-order valence-corrected chi connectivity index (χ0v) is 5.75. The first-order valence-corrected chi connectivity index (χ1v) is 3.14. The molecule has 0 atom stereocenters. The van der Waals surface area contributed by atoms with Crippen LogP contribution in [-0.2, 0) is 6.42 Å². The number of hydrogen-bond acceptors (Lipinski definition) is 2. The van der Waals surface area contributed by atoms with Crippen LogP contribution < -0.4 is 5.73 Å². The molecule has 2 heteroatoms. The van der Waals surface area contributed by atoms with Crippen LogP contribution in [0.1, 0.15) is 5.69 Å². The summed E-state index contributed by atoms with van der Waals surface area (Å²) in [6, 6.07) is 3.62. The lowest BCUT2D eigenvalue weighted by atomic mass is 10.2. The van der Waals surface area contributed by atoms with Crippen molar-refractivity contribution in [2.75, 3.05) is 5.73 Å². The minimum absolute atomic E-state index is 0.756. The standard InChI is InChI=1S/C8H10N2/c1-2-3-8-6-7(9)4-5-10-8/h2,4-6H,1,3H2,(H2,9,10). The Balaban J connectivity index is 2.84. The maximum atomic E-state index is 5.51. The summed E-state index contributed by atoms with van der Waals surface area (Å²) in [6.45, 7) is 3.60. The van der Waals surface area contributed by atoms with Crippen LogP contribution in [0.5, 0.6) is 0 Å². The minimum Gasteiger partial charge on any atom is -0.399 e. The number of rotatable bonds is 2. The van der Waals surface area contributed by atoms with Gasteiger partial charge >= 0.3 is 0 Å². The summed E-state index contributed by atoms with van der Waals surface area (Å²) in [6.07, 6.45) is 4.29. The molecule has 0 bridgehead atoms. The Labute approximate surface area is 60.4 Å². The van der Waals surface area contributed by atoms with Crippen LogP contribution in [0, 0.1) is 0 Å². The van der Waals surface area contributed by atoms with Gasteiger partial charge in [-0.15, -0.1) is 6.58 Å². The van der Waals surface area contributed by atoms with Crippen LogP contribution in [0.3, 0.4) is 0 Å². The molecule has 0 aromatic carbocycles. The number of nitrogens with zero attached hydrogens (tertiary/aromatic N) is 1. The summed E-state index contributed by atoms with van der Waals surface area (Å²) in [5.74, 6) is 0. The molecule has 0 saturated heterocycles. The van der Waals surface area contributed by atoms with Gasteiger partial charge in [-0.25, -0.2) is 0 Å². The number of nitrogen functional groups attached to an aromatic ring is 1. The normalized spacial score (nSPS) is 9.20. The molecule has 0 unspecified atom stereocenters. The van der Waals surface area contributed by atoms with Crippen molar-refractivity contribution in [1.29, 1.82) is 0 Å². The molecule has 2 N–H and O–H groups in total. The van der Waals surface area contributed by atoms with Crippen LogP contribution in [0.15, 0.2) is 31.0 Å². The zero-order chi connectivity index (χ0) is 7.40. The molecule has 1 aromatic heterocycles. The Hall–Kier alpha value is -1.31. The molecule has 1 aromatic rings. The molecule has 0 amide bonds. The molecular formula is C8H10N2. The first-order valence-electron chi connectivity index (χ1n) is 3.14. The van der Waals surface area contributed by atoms with Gasteiger partial charge in [-0.1, -0.05) is 6.08 Å². The number of nitrogens with two attached hydrogens (primary N) is 1. The van der Waals surface area contributed by atoms with Crippen LogP contribution in [0.2, 0.25) is 0 Å². The molecule has 10 heavy (non-hydrogen) atoms. The van der Waals surface area contributed by atoms with Gasteiger partial charge in [0.15, 0.2) is 0 Å². The van der Waals surface area contributed by atoms with E-state index in [1.165, 1.54) is 0 Å². The van der Waals surface area contributed by atoms with Crippen molar-refractivity contribution in [3.63, 3.8) is 0 Å². The maximum Gasteiger partial charge on any atom is 0.0461 e. The van der Waals surface area contributed by atoms with Gasteiger partial charge in [-0.3, -0.25) is 4.98 Å². The van der Waals surface area contributed by atoms with E-state index in [1.807, 2.05) is 12.1 Å². The first kappa shape index (κ1) is 6.81. The van der Waals surface area contributed by atoms with Crippen LogP contribution >= 0.6 is 0 Å². The van der Waals surface area contributed by atoms with Crippen molar-refractivity contribution in [2.45, 2.75) is 6.42 Å². The summed E-state index contributed by atoms with van der Waals surface area (Å²) in [5.41, 5.74) is 7.24. The van der Waals surface area contributed by atoms with E-state index in [0.29, 0.717) is 0 Å². The van der Waals surface area contributed by atoms with Gasteiger partial charge < -0.3 is 5.73 Å². The highest BCUT2D eigenvalue weighted by Crippen LogP contribution is 2.02. The molecule has 52 valence electrons. The van der Waals surface area contributed by atoms with E-state index < -0.39 is 0 Å². The van der Waals surface area contributed by atoms with Gasteiger partial charge in [-0.2, -0.15) is 0 Å². The Morgan fingerprint density at radius 3 is 3.10 bits per heavy atom. The molecule has 0 radical (unpaired) electrons. The Morgan fingerprint density at radius 2 is 2.50 bits per heavy atom. The van der Waals surface area contributed by atoms with E-state index in [-0.39, 0.29) is 0 Å². The number of pyridine rings is 1. The molecule has 0 aliphatic carbocycles. The Bertz CT molecular complexity index is 230. The molecule has 0 fully saturated rings. The summed E-state index contributed by atoms with van der Waals surface area (Å²) in [4.78, 5) is 4.08. The quantitative estimate of drug-likeness (QED) is 0.621. The number of anilines is 1. The largest absolute Gasteiger partial charge is 0.399 e. The Kier molecular flexibility index (Phi) is 2.05. The van der Waals surface area contributed by atoms with E-state index in [4.69, 9.17) is 5.73 Å². The molecule has 1 heterocycles. The lowest BCUT2D eigenvalue weighted by Gasteiger charge is -1.95. The third kappa shape index (κ3) is 1.58. The van der Waals surface area contributed by atoms with E-state index in [0.717, 1.165) is 17.8 Å². The lowest BCUT2D eigenvalue weighted by molar-refractivity contribution is 1.12. The second kappa shape index (κ2) is 3.01. The van der Waals surface area contributed by atoms with Crippen molar-refractivity contribution in [1.82, 2.24) is 4.98 Å².